The molecule has 10 heteroatoms. The van der Waals surface area contributed by atoms with E-state index >= 15 is 0 Å². The Hall–Kier alpha value is -2.20. The van der Waals surface area contributed by atoms with Crippen LogP contribution >= 0.6 is 0 Å². The zero-order valence-electron chi connectivity index (χ0n) is 14.2. The van der Waals surface area contributed by atoms with E-state index in [1.54, 1.807) is 0 Å². The molecule has 0 heterocycles. The Kier molecular flexibility index (Phi) is 7.78. The van der Waals surface area contributed by atoms with Gasteiger partial charge in [-0.3, -0.25) is 9.59 Å². The van der Waals surface area contributed by atoms with Gasteiger partial charge in [0, 0.05) is 12.8 Å². The number of hydrogen-bond donors (Lipinski definition) is 4. The van der Waals surface area contributed by atoms with Gasteiger partial charge in [-0.25, -0.2) is 9.59 Å². The molecule has 0 unspecified atom stereocenters. The summed E-state index contributed by atoms with van der Waals surface area (Å²) >= 11 is 0. The summed E-state index contributed by atoms with van der Waals surface area (Å²) in [5.41, 5.74) is -0.555. The minimum Gasteiger partial charge on any atom is -0.467 e. The second kappa shape index (κ2) is 9.33. The lowest BCUT2D eigenvalue weighted by molar-refractivity contribution is -0.146. The summed E-state index contributed by atoms with van der Waals surface area (Å²) in [6.45, 7) is -1.19. The summed E-state index contributed by atoms with van der Waals surface area (Å²) < 4.78 is 8.92. The van der Waals surface area contributed by atoms with Gasteiger partial charge in [-0.15, -0.1) is 0 Å². The molecule has 0 spiro atoms. The lowest BCUT2D eigenvalue weighted by Gasteiger charge is -2.19. The van der Waals surface area contributed by atoms with Crippen molar-refractivity contribution in [2.24, 2.45) is 5.41 Å². The van der Waals surface area contributed by atoms with Crippen molar-refractivity contribution in [1.82, 2.24) is 10.6 Å². The largest absolute Gasteiger partial charge is 0.467 e. The van der Waals surface area contributed by atoms with Crippen LogP contribution < -0.4 is 10.6 Å². The third-order valence-electron chi connectivity index (χ3n) is 4.04. The summed E-state index contributed by atoms with van der Waals surface area (Å²) in [5, 5.41) is 22.9. The highest BCUT2D eigenvalue weighted by molar-refractivity contribution is 5.87. The maximum absolute atomic E-state index is 12.0. The van der Waals surface area contributed by atoms with Crippen LogP contribution in [0.1, 0.15) is 25.7 Å². The first-order chi connectivity index (χ1) is 11.8. The average molecular weight is 360 g/mol. The van der Waals surface area contributed by atoms with Crippen LogP contribution in [0.3, 0.4) is 0 Å². The number of esters is 2. The SMILES string of the molecule is COC(=O)[C@@H](CO)NC(=O)CC1(CC(=O)N[C@H](CO)C(=O)OC)CC1. The fraction of sp³-hybridized carbons (Fsp3) is 0.733. The van der Waals surface area contributed by atoms with Gasteiger partial charge in [0.1, 0.15) is 0 Å². The van der Waals surface area contributed by atoms with E-state index in [9.17, 15) is 19.2 Å². The predicted molar refractivity (Wildman–Crippen MR) is 83.0 cm³/mol. The zero-order valence-corrected chi connectivity index (χ0v) is 14.2. The van der Waals surface area contributed by atoms with Crippen molar-refractivity contribution in [3.8, 4) is 0 Å². The molecule has 0 aromatic carbocycles. The summed E-state index contributed by atoms with van der Waals surface area (Å²) in [6.07, 6.45) is 1.27. The van der Waals surface area contributed by atoms with Crippen molar-refractivity contribution in [2.75, 3.05) is 27.4 Å². The molecule has 4 N–H and O–H groups in total. The number of carbonyl (C=O) groups is 4. The van der Waals surface area contributed by atoms with E-state index < -0.39 is 54.5 Å². The molecule has 0 bridgehead atoms. The fourth-order valence-electron chi connectivity index (χ4n) is 2.41. The summed E-state index contributed by atoms with van der Waals surface area (Å²) in [5.74, 6) is -2.49. The van der Waals surface area contributed by atoms with Gasteiger partial charge in [-0.1, -0.05) is 0 Å². The van der Waals surface area contributed by atoms with E-state index in [4.69, 9.17) is 10.2 Å². The van der Waals surface area contributed by atoms with Crippen LogP contribution in [0.25, 0.3) is 0 Å². The lowest BCUT2D eigenvalue weighted by Crippen LogP contribution is -2.46. The molecule has 1 aliphatic carbocycles. The molecule has 0 aliphatic heterocycles. The number of carbonyl (C=O) groups excluding carboxylic acids is 4. The Balaban J connectivity index is 2.53. The van der Waals surface area contributed by atoms with Crippen LogP contribution in [0.4, 0.5) is 0 Å². The Morgan fingerprint density at radius 1 is 0.880 bits per heavy atom. The van der Waals surface area contributed by atoms with Gasteiger partial charge in [0.15, 0.2) is 12.1 Å². The van der Waals surface area contributed by atoms with Gasteiger partial charge in [0.2, 0.25) is 11.8 Å². The van der Waals surface area contributed by atoms with Gasteiger partial charge >= 0.3 is 11.9 Å². The number of aliphatic hydroxyl groups is 2. The summed E-state index contributed by atoms with van der Waals surface area (Å²) in [6, 6.07) is -2.31. The molecule has 0 saturated heterocycles. The Labute approximate surface area is 144 Å². The number of nitrogens with one attached hydrogen (secondary N) is 2. The third-order valence-corrected chi connectivity index (χ3v) is 4.04. The van der Waals surface area contributed by atoms with Gasteiger partial charge in [-0.2, -0.15) is 0 Å². The number of aliphatic hydroxyl groups excluding tert-OH is 2. The monoisotopic (exact) mass is 360 g/mol. The van der Waals surface area contributed by atoms with E-state index in [0.29, 0.717) is 12.8 Å². The predicted octanol–water partition coefficient (Wildman–Crippen LogP) is -2.15. The zero-order chi connectivity index (χ0) is 19.0. The normalized spacial score (nSPS) is 17.0. The first-order valence-electron chi connectivity index (χ1n) is 7.77. The average Bonchev–Trinajstić information content (AvgIpc) is 3.34. The Bertz CT molecular complexity index is 476. The maximum atomic E-state index is 12.0. The Morgan fingerprint density at radius 2 is 1.24 bits per heavy atom. The van der Waals surface area contributed by atoms with Gasteiger partial charge in [0.05, 0.1) is 27.4 Å². The first kappa shape index (κ1) is 20.8. The highest BCUT2D eigenvalue weighted by Crippen LogP contribution is 2.51. The van der Waals surface area contributed by atoms with Crippen LogP contribution in [-0.2, 0) is 28.7 Å². The number of amides is 2. The summed E-state index contributed by atoms with van der Waals surface area (Å²) in [4.78, 5) is 46.8. The lowest BCUT2D eigenvalue weighted by atomic mass is 9.96. The van der Waals surface area contributed by atoms with Crippen molar-refractivity contribution in [3.05, 3.63) is 0 Å². The minimum atomic E-state index is -1.15. The van der Waals surface area contributed by atoms with Crippen molar-refractivity contribution in [3.63, 3.8) is 0 Å². The van der Waals surface area contributed by atoms with Crippen LogP contribution in [0.15, 0.2) is 0 Å². The van der Waals surface area contributed by atoms with Gasteiger partial charge in [-0.05, 0) is 18.3 Å². The molecule has 0 radical (unpaired) electrons. The molecule has 1 fully saturated rings. The van der Waals surface area contributed by atoms with Gasteiger partial charge in [0.25, 0.3) is 0 Å². The number of ether oxygens (including phenoxy) is 2. The molecule has 2 atom stereocenters. The third kappa shape index (κ3) is 6.31. The van der Waals surface area contributed by atoms with Crippen LogP contribution in [0.2, 0.25) is 0 Å². The molecule has 10 nitrogen and oxygen atoms in total. The molecule has 0 aromatic rings. The van der Waals surface area contributed by atoms with E-state index in [1.165, 1.54) is 0 Å². The molecular formula is C15H24N2O8. The van der Waals surface area contributed by atoms with Crippen molar-refractivity contribution < 1.29 is 38.9 Å². The van der Waals surface area contributed by atoms with Crippen LogP contribution in [-0.4, -0.2) is 73.5 Å². The first-order valence-corrected chi connectivity index (χ1v) is 7.77. The molecule has 142 valence electrons. The van der Waals surface area contributed by atoms with Gasteiger partial charge < -0.3 is 30.3 Å². The molecule has 1 aliphatic rings. The van der Waals surface area contributed by atoms with Crippen molar-refractivity contribution >= 4 is 23.8 Å². The van der Waals surface area contributed by atoms with Crippen molar-refractivity contribution in [1.29, 1.82) is 0 Å². The van der Waals surface area contributed by atoms with E-state index in [2.05, 4.69) is 20.1 Å². The smallest absolute Gasteiger partial charge is 0.330 e. The molecule has 0 aromatic heterocycles. The van der Waals surface area contributed by atoms with E-state index in [-0.39, 0.29) is 12.8 Å². The van der Waals surface area contributed by atoms with Crippen LogP contribution in [0, 0.1) is 5.41 Å². The molecule has 2 amide bonds. The standard InChI is InChI=1S/C15H24N2O8/c1-24-13(22)9(7-18)16-11(20)5-15(3-4-15)6-12(21)17-10(8-19)14(23)25-2/h9-10,18-19H,3-8H2,1-2H3,(H,16,20)(H,17,21)/t9-,10-/m1/s1. The van der Waals surface area contributed by atoms with Crippen LogP contribution in [0.5, 0.6) is 0 Å². The maximum Gasteiger partial charge on any atom is 0.330 e. The second-order valence-corrected chi connectivity index (χ2v) is 6.01. The topological polar surface area (TPSA) is 151 Å². The Morgan fingerprint density at radius 3 is 1.48 bits per heavy atom. The molecule has 25 heavy (non-hydrogen) atoms. The van der Waals surface area contributed by atoms with E-state index in [1.807, 2.05) is 0 Å². The molecule has 1 rings (SSSR count). The van der Waals surface area contributed by atoms with Crippen molar-refractivity contribution in [2.45, 2.75) is 37.8 Å². The minimum absolute atomic E-state index is 0.00404. The second-order valence-electron chi connectivity index (χ2n) is 6.01. The molecular weight excluding hydrogens is 336 g/mol. The molecule has 1 saturated carbocycles. The number of methoxy groups -OCH3 is 2. The number of rotatable bonds is 10. The number of hydrogen-bond acceptors (Lipinski definition) is 8. The summed E-state index contributed by atoms with van der Waals surface area (Å²) in [7, 11) is 2.28. The van der Waals surface area contributed by atoms with E-state index in [0.717, 1.165) is 14.2 Å². The fourth-order valence-corrected chi connectivity index (χ4v) is 2.41. The quantitative estimate of drug-likeness (QED) is 0.322. The highest BCUT2D eigenvalue weighted by atomic mass is 16.5. The highest BCUT2D eigenvalue weighted by Gasteiger charge is 2.46.